The molecule has 0 aliphatic carbocycles. The lowest BCUT2D eigenvalue weighted by Gasteiger charge is -2.26. The van der Waals surface area contributed by atoms with E-state index in [0.717, 1.165) is 16.7 Å². The van der Waals surface area contributed by atoms with E-state index in [1.165, 1.54) is 6.07 Å². The second kappa shape index (κ2) is 8.19. The Kier molecular flexibility index (Phi) is 5.45. The van der Waals surface area contributed by atoms with Crippen molar-refractivity contribution in [3.8, 4) is 23.3 Å². The van der Waals surface area contributed by atoms with E-state index < -0.39 is 5.92 Å². The number of aromatic hydroxyl groups is 1. The molecule has 0 fully saturated rings. The Morgan fingerprint density at radius 2 is 1.80 bits per heavy atom. The van der Waals surface area contributed by atoms with Crippen LogP contribution in [0.4, 0.5) is 0 Å². The van der Waals surface area contributed by atoms with Gasteiger partial charge in [-0.15, -0.1) is 0 Å². The normalized spacial score (nSPS) is 15.2. The summed E-state index contributed by atoms with van der Waals surface area (Å²) in [6.07, 6.45) is 0. The highest BCUT2D eigenvalue weighted by Gasteiger charge is 2.30. The minimum atomic E-state index is -0.400. The van der Waals surface area contributed by atoms with Crippen molar-refractivity contribution in [2.24, 2.45) is 5.73 Å². The number of rotatable bonds is 4. The first-order chi connectivity index (χ1) is 14.5. The zero-order valence-corrected chi connectivity index (χ0v) is 17.1. The lowest BCUT2D eigenvalue weighted by atomic mass is 9.83. The number of allylic oxidation sites excluding steroid dienone is 1. The van der Waals surface area contributed by atoms with Gasteiger partial charge >= 0.3 is 0 Å². The summed E-state index contributed by atoms with van der Waals surface area (Å²) in [7, 11) is 0. The van der Waals surface area contributed by atoms with Crippen LogP contribution >= 0.6 is 23.2 Å². The van der Waals surface area contributed by atoms with Gasteiger partial charge in [-0.25, -0.2) is 0 Å². The summed E-state index contributed by atoms with van der Waals surface area (Å²) < 4.78 is 11.4. The molecule has 150 valence electrons. The van der Waals surface area contributed by atoms with Gasteiger partial charge in [0, 0.05) is 11.6 Å². The second-order valence-electron chi connectivity index (χ2n) is 6.75. The number of nitrogens with zero attached hydrogens (tertiary/aromatic N) is 1. The molecule has 1 atom stereocenters. The third-order valence-electron chi connectivity index (χ3n) is 4.81. The number of benzene rings is 3. The lowest BCUT2D eigenvalue weighted by Crippen LogP contribution is -2.20. The van der Waals surface area contributed by atoms with E-state index in [2.05, 4.69) is 6.07 Å². The van der Waals surface area contributed by atoms with Crippen LogP contribution in [0.5, 0.6) is 17.2 Å². The number of hydrogen-bond donors (Lipinski definition) is 2. The van der Waals surface area contributed by atoms with Crippen LogP contribution in [0, 0.1) is 11.3 Å². The molecule has 1 aliphatic rings. The third kappa shape index (κ3) is 3.88. The fraction of sp³-hybridized carbons (Fsp3) is 0.0870. The van der Waals surface area contributed by atoms with Gasteiger partial charge in [-0.05, 0) is 41.5 Å². The van der Waals surface area contributed by atoms with Gasteiger partial charge < -0.3 is 20.3 Å². The Morgan fingerprint density at radius 1 is 1.03 bits per heavy atom. The van der Waals surface area contributed by atoms with Crippen molar-refractivity contribution in [3.05, 3.63) is 98.9 Å². The van der Waals surface area contributed by atoms with Crippen molar-refractivity contribution in [2.45, 2.75) is 12.5 Å². The van der Waals surface area contributed by atoms with E-state index in [-0.39, 0.29) is 11.6 Å². The molecule has 3 N–H and O–H groups in total. The number of hydrogen-bond acceptors (Lipinski definition) is 5. The Balaban J connectivity index is 1.59. The molecule has 1 aliphatic heterocycles. The minimum absolute atomic E-state index is 0.0283. The molecular formula is C23H16Cl2N2O3. The van der Waals surface area contributed by atoms with E-state index in [4.69, 9.17) is 38.4 Å². The molecule has 30 heavy (non-hydrogen) atoms. The predicted molar refractivity (Wildman–Crippen MR) is 115 cm³/mol. The van der Waals surface area contributed by atoms with Crippen LogP contribution < -0.4 is 15.2 Å². The summed E-state index contributed by atoms with van der Waals surface area (Å²) in [5.41, 5.74) is 8.78. The van der Waals surface area contributed by atoms with E-state index in [9.17, 15) is 10.4 Å². The molecule has 7 heteroatoms. The van der Waals surface area contributed by atoms with Gasteiger partial charge in [-0.2, -0.15) is 5.26 Å². The van der Waals surface area contributed by atoms with E-state index >= 15 is 0 Å². The van der Waals surface area contributed by atoms with Crippen molar-refractivity contribution in [1.29, 1.82) is 5.26 Å². The summed E-state index contributed by atoms with van der Waals surface area (Å²) in [6, 6.07) is 19.7. The first-order valence-electron chi connectivity index (χ1n) is 9.03. The monoisotopic (exact) mass is 438 g/mol. The first kappa shape index (κ1) is 20.0. The van der Waals surface area contributed by atoms with Crippen molar-refractivity contribution >= 4 is 23.2 Å². The Bertz CT molecular complexity index is 1180. The molecule has 0 amide bonds. The fourth-order valence-corrected chi connectivity index (χ4v) is 3.66. The van der Waals surface area contributed by atoms with Gasteiger partial charge in [0.05, 0.1) is 16.0 Å². The quantitative estimate of drug-likeness (QED) is 0.561. The maximum absolute atomic E-state index is 9.74. The zero-order valence-electron chi connectivity index (χ0n) is 15.6. The Labute approximate surface area is 183 Å². The number of fused-ring (bicyclic) bond motifs is 1. The molecule has 0 radical (unpaired) electrons. The van der Waals surface area contributed by atoms with Crippen molar-refractivity contribution in [1.82, 2.24) is 0 Å². The molecule has 0 bridgehead atoms. The van der Waals surface area contributed by atoms with Gasteiger partial charge in [0.25, 0.3) is 0 Å². The largest absolute Gasteiger partial charge is 0.508 e. The Morgan fingerprint density at radius 3 is 2.50 bits per heavy atom. The maximum atomic E-state index is 9.74. The van der Waals surface area contributed by atoms with Crippen LogP contribution in [0.1, 0.15) is 22.6 Å². The molecule has 0 spiro atoms. The predicted octanol–water partition coefficient (Wildman–Crippen LogP) is 5.50. The van der Waals surface area contributed by atoms with E-state index in [0.29, 0.717) is 33.7 Å². The van der Waals surface area contributed by atoms with Crippen LogP contribution in [-0.2, 0) is 6.61 Å². The molecule has 0 unspecified atom stereocenters. The number of phenols is 1. The number of halogens is 2. The standard InChI is InChI=1S/C23H16Cl2N2O3/c24-19-8-1-13(9-20(19)25)12-29-16-5-2-14(3-6-16)22-17-7-4-15(28)10-21(17)30-23(27)18(22)11-26/h1-10,22,28H,12,27H2/t22-/m1/s1. The second-order valence-corrected chi connectivity index (χ2v) is 7.57. The highest BCUT2D eigenvalue weighted by atomic mass is 35.5. The van der Waals surface area contributed by atoms with Gasteiger partial charge in [0.1, 0.15) is 35.5 Å². The number of ether oxygens (including phenoxy) is 2. The number of nitriles is 1. The van der Waals surface area contributed by atoms with Gasteiger partial charge in [0.15, 0.2) is 0 Å². The summed E-state index contributed by atoms with van der Waals surface area (Å²) in [6.45, 7) is 0.339. The van der Waals surface area contributed by atoms with Gasteiger partial charge in [0.2, 0.25) is 5.88 Å². The summed E-state index contributed by atoms with van der Waals surface area (Å²) in [4.78, 5) is 0. The van der Waals surface area contributed by atoms with Crippen LogP contribution in [0.15, 0.2) is 72.1 Å². The molecule has 0 aromatic heterocycles. The molecule has 0 saturated heterocycles. The minimum Gasteiger partial charge on any atom is -0.508 e. The van der Waals surface area contributed by atoms with Crippen LogP contribution in [-0.4, -0.2) is 5.11 Å². The van der Waals surface area contributed by atoms with Crippen LogP contribution in [0.3, 0.4) is 0 Å². The maximum Gasteiger partial charge on any atom is 0.205 e. The smallest absolute Gasteiger partial charge is 0.205 e. The van der Waals surface area contributed by atoms with Gasteiger partial charge in [-0.3, -0.25) is 0 Å². The van der Waals surface area contributed by atoms with Crippen molar-refractivity contribution in [3.63, 3.8) is 0 Å². The molecule has 4 rings (SSSR count). The van der Waals surface area contributed by atoms with Crippen molar-refractivity contribution in [2.75, 3.05) is 0 Å². The summed E-state index contributed by atoms with van der Waals surface area (Å²) in [5, 5.41) is 20.3. The summed E-state index contributed by atoms with van der Waals surface area (Å²) in [5.74, 6) is 0.783. The molecule has 0 saturated carbocycles. The van der Waals surface area contributed by atoms with Crippen LogP contribution in [0.2, 0.25) is 10.0 Å². The topological polar surface area (TPSA) is 88.5 Å². The van der Waals surface area contributed by atoms with Crippen molar-refractivity contribution < 1.29 is 14.6 Å². The molecule has 5 nitrogen and oxygen atoms in total. The van der Waals surface area contributed by atoms with Crippen LogP contribution in [0.25, 0.3) is 0 Å². The highest BCUT2D eigenvalue weighted by Crippen LogP contribution is 2.43. The fourth-order valence-electron chi connectivity index (χ4n) is 3.34. The SMILES string of the molecule is N#CC1=C(N)Oc2cc(O)ccc2[C@H]1c1ccc(OCc2ccc(Cl)c(Cl)c2)cc1. The number of nitrogens with two attached hydrogens (primary N) is 1. The third-order valence-corrected chi connectivity index (χ3v) is 5.54. The molecule has 3 aromatic rings. The van der Waals surface area contributed by atoms with Gasteiger partial charge in [-0.1, -0.05) is 47.5 Å². The lowest BCUT2D eigenvalue weighted by molar-refractivity contribution is 0.306. The average molecular weight is 439 g/mol. The van der Waals surface area contributed by atoms with E-state index in [1.807, 2.05) is 30.3 Å². The average Bonchev–Trinajstić information content (AvgIpc) is 2.74. The van der Waals surface area contributed by atoms with E-state index in [1.54, 1.807) is 24.3 Å². The highest BCUT2D eigenvalue weighted by molar-refractivity contribution is 6.42. The first-order valence-corrected chi connectivity index (χ1v) is 9.79. The summed E-state index contributed by atoms with van der Waals surface area (Å²) >= 11 is 12.0. The molecular weight excluding hydrogens is 423 g/mol. The molecule has 3 aromatic carbocycles. The molecule has 1 heterocycles. The zero-order chi connectivity index (χ0) is 21.3. The number of phenolic OH excluding ortho intramolecular Hbond substituents is 1. The Hall–Kier alpha value is -3.33.